The van der Waals surface area contributed by atoms with Crippen molar-refractivity contribution in [2.75, 3.05) is 26.2 Å². The van der Waals surface area contributed by atoms with Crippen molar-refractivity contribution in [3.8, 4) is 5.75 Å². The van der Waals surface area contributed by atoms with Gasteiger partial charge in [-0.05, 0) is 17.7 Å². The molecule has 0 aliphatic carbocycles. The summed E-state index contributed by atoms with van der Waals surface area (Å²) in [5.74, 6) is -0.569. The maximum absolute atomic E-state index is 13.7. The second-order valence-corrected chi connectivity index (χ2v) is 9.59. The molecule has 1 unspecified atom stereocenters. The minimum Gasteiger partial charge on any atom is -0.453 e. The van der Waals surface area contributed by atoms with Crippen LogP contribution in [0.4, 0.5) is 18.0 Å². The lowest BCUT2D eigenvalue weighted by Gasteiger charge is -2.27. The van der Waals surface area contributed by atoms with Crippen LogP contribution < -0.4 is 10.1 Å². The average Bonchev–Trinajstić information content (AvgIpc) is 3.13. The molecule has 1 N–H and O–H groups in total. The smallest absolute Gasteiger partial charge is 0.416 e. The Labute approximate surface area is 196 Å². The van der Waals surface area contributed by atoms with E-state index in [1.54, 1.807) is 12.1 Å². The van der Waals surface area contributed by atoms with Crippen molar-refractivity contribution >= 4 is 12.1 Å². The van der Waals surface area contributed by atoms with Gasteiger partial charge in [0, 0.05) is 49.1 Å². The zero-order chi connectivity index (χ0) is 24.7. The highest BCUT2D eigenvalue weighted by atomic mass is 19.4. The van der Waals surface area contributed by atoms with Gasteiger partial charge in [-0.1, -0.05) is 45.0 Å². The number of carbonyl (C=O) groups is 2. The van der Waals surface area contributed by atoms with E-state index in [1.807, 2.05) is 20.8 Å². The topological polar surface area (TPSA) is 67.9 Å². The van der Waals surface area contributed by atoms with E-state index in [-0.39, 0.29) is 28.9 Å². The number of esters is 1. The first-order chi connectivity index (χ1) is 16.0. The van der Waals surface area contributed by atoms with E-state index in [0.717, 1.165) is 6.07 Å². The molecule has 2 aromatic rings. The first-order valence-electron chi connectivity index (χ1n) is 11.2. The summed E-state index contributed by atoms with van der Waals surface area (Å²) in [4.78, 5) is 27.3. The standard InChI is InChI=1S/C25H27F3N2O4/c1-24(2,3)21-16-8-9-19(33-23(32)30-12-10-29-11-13-30)17(20(16)22(31)34-21)14-15-6-4-5-7-18(15)25(26,27)28/h4-9,21,29H,10-14H2,1-3H3. The van der Waals surface area contributed by atoms with Crippen LogP contribution in [-0.2, 0) is 17.3 Å². The Bertz CT molecular complexity index is 1100. The van der Waals surface area contributed by atoms with E-state index in [0.29, 0.717) is 31.7 Å². The molecule has 0 spiro atoms. The van der Waals surface area contributed by atoms with E-state index >= 15 is 0 Å². The third-order valence-electron chi connectivity index (χ3n) is 6.06. The molecule has 2 heterocycles. The number of hydrogen-bond acceptors (Lipinski definition) is 5. The van der Waals surface area contributed by atoms with Gasteiger partial charge in [0.2, 0.25) is 0 Å². The summed E-state index contributed by atoms with van der Waals surface area (Å²) < 4.78 is 52.3. The predicted octanol–water partition coefficient (Wildman–Crippen LogP) is 4.96. The largest absolute Gasteiger partial charge is 0.453 e. The van der Waals surface area contributed by atoms with Crippen LogP contribution in [0, 0.1) is 5.41 Å². The van der Waals surface area contributed by atoms with Crippen LogP contribution in [0.15, 0.2) is 36.4 Å². The average molecular weight is 476 g/mol. The number of ether oxygens (including phenoxy) is 2. The van der Waals surface area contributed by atoms with Gasteiger partial charge < -0.3 is 19.7 Å². The normalized spacial score (nSPS) is 18.5. The van der Waals surface area contributed by atoms with Crippen molar-refractivity contribution in [3.05, 3.63) is 64.2 Å². The number of benzene rings is 2. The number of halogens is 3. The monoisotopic (exact) mass is 476 g/mol. The molecule has 9 heteroatoms. The highest BCUT2D eigenvalue weighted by molar-refractivity contribution is 5.97. The van der Waals surface area contributed by atoms with Gasteiger partial charge in [0.15, 0.2) is 0 Å². The molecular weight excluding hydrogens is 449 g/mol. The third kappa shape index (κ3) is 4.75. The van der Waals surface area contributed by atoms with E-state index in [4.69, 9.17) is 9.47 Å². The summed E-state index contributed by atoms with van der Waals surface area (Å²) in [6.45, 7) is 7.87. The molecule has 182 valence electrons. The predicted molar refractivity (Wildman–Crippen MR) is 119 cm³/mol. The number of alkyl halides is 3. The fourth-order valence-electron chi connectivity index (χ4n) is 4.40. The molecule has 0 saturated carbocycles. The first kappa shape index (κ1) is 24.1. The molecule has 6 nitrogen and oxygen atoms in total. The Kier molecular flexibility index (Phi) is 6.33. The maximum atomic E-state index is 13.7. The van der Waals surface area contributed by atoms with Crippen molar-refractivity contribution in [1.29, 1.82) is 0 Å². The maximum Gasteiger partial charge on any atom is 0.416 e. The van der Waals surface area contributed by atoms with Gasteiger partial charge in [-0.15, -0.1) is 0 Å². The lowest BCUT2D eigenvalue weighted by Crippen LogP contribution is -2.47. The van der Waals surface area contributed by atoms with Gasteiger partial charge in [0.05, 0.1) is 11.1 Å². The number of nitrogens with zero attached hydrogens (tertiary/aromatic N) is 1. The SMILES string of the molecule is CC(C)(C)C1OC(=O)c2c1ccc(OC(=O)N1CCNCC1)c2Cc1ccccc1C(F)(F)F. The lowest BCUT2D eigenvalue weighted by atomic mass is 9.82. The molecule has 0 radical (unpaired) electrons. The summed E-state index contributed by atoms with van der Waals surface area (Å²) in [6, 6.07) is 8.40. The van der Waals surface area contributed by atoms with Gasteiger partial charge in [-0.3, -0.25) is 0 Å². The zero-order valence-corrected chi connectivity index (χ0v) is 19.3. The number of hydrogen-bond donors (Lipinski definition) is 1. The van der Waals surface area contributed by atoms with Gasteiger partial charge in [0.1, 0.15) is 11.9 Å². The molecule has 4 rings (SSSR count). The molecule has 1 saturated heterocycles. The van der Waals surface area contributed by atoms with E-state index in [2.05, 4.69) is 5.32 Å². The first-order valence-corrected chi connectivity index (χ1v) is 11.2. The Morgan fingerprint density at radius 3 is 2.44 bits per heavy atom. The summed E-state index contributed by atoms with van der Waals surface area (Å²) in [5.41, 5.74) is -0.280. The quantitative estimate of drug-likeness (QED) is 0.635. The second-order valence-electron chi connectivity index (χ2n) is 9.59. The fourth-order valence-corrected chi connectivity index (χ4v) is 4.40. The molecule has 2 aromatic carbocycles. The molecule has 1 atom stereocenters. The second kappa shape index (κ2) is 8.94. The van der Waals surface area contributed by atoms with E-state index in [9.17, 15) is 22.8 Å². The number of amides is 1. The highest BCUT2D eigenvalue weighted by Crippen LogP contribution is 2.46. The molecular formula is C25H27F3N2O4. The number of piperazine rings is 1. The van der Waals surface area contributed by atoms with Gasteiger partial charge in [-0.25, -0.2) is 9.59 Å². The minimum absolute atomic E-state index is 0.0186. The van der Waals surface area contributed by atoms with Crippen LogP contribution >= 0.6 is 0 Å². The summed E-state index contributed by atoms with van der Waals surface area (Å²) in [5, 5.41) is 3.14. The lowest BCUT2D eigenvalue weighted by molar-refractivity contribution is -0.138. The van der Waals surface area contributed by atoms with Crippen LogP contribution in [-0.4, -0.2) is 43.1 Å². The Balaban J connectivity index is 1.80. The van der Waals surface area contributed by atoms with Crippen LogP contribution in [0.5, 0.6) is 5.75 Å². The number of cyclic esters (lactones) is 1. The molecule has 0 aromatic heterocycles. The van der Waals surface area contributed by atoms with Crippen molar-refractivity contribution in [2.24, 2.45) is 5.41 Å². The molecule has 0 bridgehead atoms. The molecule has 1 amide bonds. The molecule has 2 aliphatic rings. The molecule has 1 fully saturated rings. The van der Waals surface area contributed by atoms with Crippen molar-refractivity contribution in [3.63, 3.8) is 0 Å². The number of carbonyl (C=O) groups excluding carboxylic acids is 2. The number of rotatable bonds is 3. The Hall–Kier alpha value is -3.07. The fraction of sp³-hybridized carbons (Fsp3) is 0.440. The summed E-state index contributed by atoms with van der Waals surface area (Å²) in [6.07, 6.45) is -5.98. The van der Waals surface area contributed by atoms with Crippen molar-refractivity contribution in [1.82, 2.24) is 10.2 Å². The summed E-state index contributed by atoms with van der Waals surface area (Å²) >= 11 is 0. The summed E-state index contributed by atoms with van der Waals surface area (Å²) in [7, 11) is 0. The van der Waals surface area contributed by atoms with Crippen LogP contribution in [0.3, 0.4) is 0 Å². The third-order valence-corrected chi connectivity index (χ3v) is 6.06. The van der Waals surface area contributed by atoms with Crippen LogP contribution in [0.2, 0.25) is 0 Å². The van der Waals surface area contributed by atoms with Crippen molar-refractivity contribution in [2.45, 2.75) is 39.5 Å². The number of nitrogens with one attached hydrogen (secondary N) is 1. The van der Waals surface area contributed by atoms with Crippen molar-refractivity contribution < 1.29 is 32.2 Å². The minimum atomic E-state index is -4.57. The van der Waals surface area contributed by atoms with E-state index in [1.165, 1.54) is 23.1 Å². The highest BCUT2D eigenvalue weighted by Gasteiger charge is 2.42. The Morgan fingerprint density at radius 2 is 1.79 bits per heavy atom. The van der Waals surface area contributed by atoms with Gasteiger partial charge in [-0.2, -0.15) is 13.2 Å². The number of fused-ring (bicyclic) bond motifs is 1. The zero-order valence-electron chi connectivity index (χ0n) is 19.3. The van der Waals surface area contributed by atoms with E-state index < -0.39 is 35.3 Å². The van der Waals surface area contributed by atoms with Crippen LogP contribution in [0.25, 0.3) is 0 Å². The Morgan fingerprint density at radius 1 is 1.12 bits per heavy atom. The molecule has 2 aliphatic heterocycles. The van der Waals surface area contributed by atoms with Gasteiger partial charge in [0.25, 0.3) is 0 Å². The van der Waals surface area contributed by atoms with Gasteiger partial charge >= 0.3 is 18.2 Å². The van der Waals surface area contributed by atoms with Crippen LogP contribution in [0.1, 0.15) is 59.5 Å². The molecule has 34 heavy (non-hydrogen) atoms.